The Morgan fingerprint density at radius 2 is 2.00 bits per heavy atom. The minimum Gasteiger partial charge on any atom is -0.394 e. The van der Waals surface area contributed by atoms with Crippen molar-refractivity contribution in [2.45, 2.75) is 31.0 Å². The lowest BCUT2D eigenvalue weighted by Crippen LogP contribution is -2.41. The number of carbonyl (C=O) groups excluding carboxylic acids is 1. The van der Waals surface area contributed by atoms with Crippen molar-refractivity contribution in [2.24, 2.45) is 0 Å². The molecule has 1 fully saturated rings. The highest BCUT2D eigenvalue weighted by atomic mass is 19.4. The monoisotopic (exact) mass is 197 g/mol. The summed E-state index contributed by atoms with van der Waals surface area (Å²) in [5, 5.41) is 10.9. The number of aliphatic hydroxyl groups is 1. The van der Waals surface area contributed by atoms with Gasteiger partial charge in [-0.2, -0.15) is 13.2 Å². The molecule has 76 valence electrons. The molecule has 2 N–H and O–H groups in total. The topological polar surface area (TPSA) is 49.3 Å². The van der Waals surface area contributed by atoms with Crippen LogP contribution in [0.25, 0.3) is 0 Å². The molecule has 0 aromatic carbocycles. The van der Waals surface area contributed by atoms with Crippen LogP contribution in [0.3, 0.4) is 0 Å². The van der Waals surface area contributed by atoms with Crippen LogP contribution in [0.4, 0.5) is 13.2 Å². The second kappa shape index (κ2) is 3.17. The zero-order valence-electron chi connectivity index (χ0n) is 6.82. The summed E-state index contributed by atoms with van der Waals surface area (Å²) in [6.07, 6.45) is -4.86. The van der Waals surface area contributed by atoms with Gasteiger partial charge in [-0.15, -0.1) is 0 Å². The summed E-state index contributed by atoms with van der Waals surface area (Å²) >= 11 is 0. The molecule has 1 rings (SSSR count). The highest BCUT2D eigenvalue weighted by molar-refractivity contribution is 5.77. The van der Waals surface area contributed by atoms with Gasteiger partial charge in [-0.3, -0.25) is 4.79 Å². The van der Waals surface area contributed by atoms with E-state index in [1.54, 1.807) is 0 Å². The van der Waals surface area contributed by atoms with Gasteiger partial charge in [-0.1, -0.05) is 0 Å². The van der Waals surface area contributed by atoms with Crippen molar-refractivity contribution >= 4 is 5.91 Å². The maximum absolute atomic E-state index is 11.7. The van der Waals surface area contributed by atoms with Gasteiger partial charge in [0.25, 0.3) is 0 Å². The van der Waals surface area contributed by atoms with E-state index in [4.69, 9.17) is 5.11 Å². The molecule has 1 amide bonds. The van der Waals surface area contributed by atoms with Crippen LogP contribution in [0.5, 0.6) is 0 Å². The van der Waals surface area contributed by atoms with E-state index < -0.39 is 24.0 Å². The average Bonchev–Trinajstić information content (AvgIpc) is 2.65. The van der Waals surface area contributed by atoms with Gasteiger partial charge in [-0.25, -0.2) is 0 Å². The summed E-state index contributed by atoms with van der Waals surface area (Å²) in [5.41, 5.74) is -0.762. The number of aliphatic hydroxyl groups excluding tert-OH is 1. The van der Waals surface area contributed by atoms with E-state index in [2.05, 4.69) is 5.32 Å². The van der Waals surface area contributed by atoms with Crippen molar-refractivity contribution in [1.82, 2.24) is 5.32 Å². The van der Waals surface area contributed by atoms with E-state index in [0.29, 0.717) is 12.8 Å². The minimum absolute atomic E-state index is 0.295. The third-order valence-electron chi connectivity index (χ3n) is 1.92. The number of halogens is 3. The lowest BCUT2D eigenvalue weighted by Gasteiger charge is -2.14. The number of nitrogens with one attached hydrogen (secondary N) is 1. The summed E-state index contributed by atoms with van der Waals surface area (Å²) in [4.78, 5) is 10.7. The van der Waals surface area contributed by atoms with Crippen molar-refractivity contribution in [3.05, 3.63) is 0 Å². The van der Waals surface area contributed by atoms with Crippen molar-refractivity contribution in [2.75, 3.05) is 6.61 Å². The van der Waals surface area contributed by atoms with Crippen LogP contribution in [0, 0.1) is 0 Å². The number of amides is 1. The van der Waals surface area contributed by atoms with E-state index in [-0.39, 0.29) is 6.61 Å². The first kappa shape index (κ1) is 10.3. The highest BCUT2D eigenvalue weighted by Crippen LogP contribution is 2.35. The molecule has 6 heteroatoms. The number of alkyl halides is 3. The molecule has 0 aliphatic heterocycles. The third kappa shape index (κ3) is 3.22. The van der Waals surface area contributed by atoms with Gasteiger partial charge in [0.15, 0.2) is 0 Å². The first-order valence-corrected chi connectivity index (χ1v) is 3.86. The Balaban J connectivity index is 2.34. The van der Waals surface area contributed by atoms with Crippen LogP contribution in [0.2, 0.25) is 0 Å². The summed E-state index contributed by atoms with van der Waals surface area (Å²) in [6, 6.07) is 0. The van der Waals surface area contributed by atoms with Gasteiger partial charge in [-0.05, 0) is 12.8 Å². The Kier molecular flexibility index (Phi) is 2.51. The molecule has 0 atom stereocenters. The molecule has 13 heavy (non-hydrogen) atoms. The molecule has 0 aromatic heterocycles. The lowest BCUT2D eigenvalue weighted by molar-refractivity contribution is -0.154. The number of rotatable bonds is 3. The van der Waals surface area contributed by atoms with Crippen LogP contribution in [-0.2, 0) is 4.79 Å². The smallest absolute Gasteiger partial charge is 0.394 e. The Labute approximate surface area is 72.9 Å². The summed E-state index contributed by atoms with van der Waals surface area (Å²) < 4.78 is 35.0. The van der Waals surface area contributed by atoms with Gasteiger partial charge in [0.1, 0.15) is 6.42 Å². The molecule has 3 nitrogen and oxygen atoms in total. The van der Waals surface area contributed by atoms with E-state index in [9.17, 15) is 18.0 Å². The molecule has 0 aromatic rings. The molecular formula is C7H10F3NO2. The Bertz CT molecular complexity index is 210. The van der Waals surface area contributed by atoms with Gasteiger partial charge in [0.05, 0.1) is 12.1 Å². The van der Waals surface area contributed by atoms with Crippen molar-refractivity contribution < 1.29 is 23.1 Å². The first-order chi connectivity index (χ1) is 5.87. The molecule has 0 bridgehead atoms. The Hall–Kier alpha value is -0.780. The Morgan fingerprint density at radius 1 is 1.46 bits per heavy atom. The maximum atomic E-state index is 11.7. The lowest BCUT2D eigenvalue weighted by atomic mass is 10.2. The minimum atomic E-state index is -4.48. The summed E-state index contributed by atoms with van der Waals surface area (Å²) in [7, 11) is 0. The second-order valence-electron chi connectivity index (χ2n) is 3.28. The summed E-state index contributed by atoms with van der Waals surface area (Å²) in [5.74, 6) is -1.07. The second-order valence-corrected chi connectivity index (χ2v) is 3.28. The molecule has 0 unspecified atom stereocenters. The maximum Gasteiger partial charge on any atom is 0.397 e. The number of carbonyl (C=O) groups is 1. The van der Waals surface area contributed by atoms with E-state index >= 15 is 0 Å². The standard InChI is InChI=1S/C7H10F3NO2/c8-7(9,10)3-5(13)11-6(4-12)1-2-6/h12H,1-4H2,(H,11,13). The van der Waals surface area contributed by atoms with Gasteiger partial charge < -0.3 is 10.4 Å². The molecule has 0 saturated heterocycles. The fourth-order valence-electron chi connectivity index (χ4n) is 0.996. The summed E-state index contributed by atoms with van der Waals surface area (Å²) in [6.45, 7) is -0.295. The highest BCUT2D eigenvalue weighted by Gasteiger charge is 2.44. The van der Waals surface area contributed by atoms with E-state index in [1.165, 1.54) is 0 Å². The van der Waals surface area contributed by atoms with E-state index in [1.807, 2.05) is 0 Å². The average molecular weight is 197 g/mol. The van der Waals surface area contributed by atoms with Crippen LogP contribution < -0.4 is 5.32 Å². The fraction of sp³-hybridized carbons (Fsp3) is 0.857. The zero-order valence-corrected chi connectivity index (χ0v) is 6.82. The first-order valence-electron chi connectivity index (χ1n) is 3.86. The van der Waals surface area contributed by atoms with Crippen molar-refractivity contribution in [3.63, 3.8) is 0 Å². The molecule has 1 aliphatic carbocycles. The fourth-order valence-corrected chi connectivity index (χ4v) is 0.996. The van der Waals surface area contributed by atoms with Crippen LogP contribution in [-0.4, -0.2) is 29.3 Å². The number of hydrogen-bond donors (Lipinski definition) is 2. The zero-order chi connectivity index (χ0) is 10.1. The van der Waals surface area contributed by atoms with Crippen LogP contribution in [0.1, 0.15) is 19.3 Å². The molecule has 0 spiro atoms. The number of hydrogen-bond acceptors (Lipinski definition) is 2. The SMILES string of the molecule is O=C(CC(F)(F)F)NC1(CO)CC1. The molecular weight excluding hydrogens is 187 g/mol. The predicted molar refractivity (Wildman–Crippen MR) is 37.9 cm³/mol. The molecule has 1 saturated carbocycles. The third-order valence-corrected chi connectivity index (χ3v) is 1.92. The normalized spacial score (nSPS) is 19.7. The molecule has 0 radical (unpaired) electrons. The predicted octanol–water partition coefficient (Wildman–Crippen LogP) is 0.580. The van der Waals surface area contributed by atoms with Crippen molar-refractivity contribution in [3.8, 4) is 0 Å². The van der Waals surface area contributed by atoms with Gasteiger partial charge in [0.2, 0.25) is 5.91 Å². The van der Waals surface area contributed by atoms with E-state index in [0.717, 1.165) is 0 Å². The molecule has 0 heterocycles. The quantitative estimate of drug-likeness (QED) is 0.695. The van der Waals surface area contributed by atoms with Crippen LogP contribution in [0.15, 0.2) is 0 Å². The Morgan fingerprint density at radius 3 is 2.31 bits per heavy atom. The van der Waals surface area contributed by atoms with Gasteiger partial charge in [0, 0.05) is 0 Å². The molecule has 1 aliphatic rings. The van der Waals surface area contributed by atoms with Gasteiger partial charge >= 0.3 is 6.18 Å². The van der Waals surface area contributed by atoms with Crippen molar-refractivity contribution in [1.29, 1.82) is 0 Å². The van der Waals surface area contributed by atoms with Crippen LogP contribution >= 0.6 is 0 Å². The largest absolute Gasteiger partial charge is 0.397 e.